The van der Waals surface area contributed by atoms with Crippen molar-refractivity contribution in [1.29, 1.82) is 0 Å². The molecule has 25 heavy (non-hydrogen) atoms. The molecule has 0 N–H and O–H groups in total. The summed E-state index contributed by atoms with van der Waals surface area (Å²) in [6, 6.07) is 7.04. The second-order valence-corrected chi connectivity index (χ2v) is 6.52. The third-order valence-electron chi connectivity index (χ3n) is 4.51. The van der Waals surface area contributed by atoms with Gasteiger partial charge in [-0.3, -0.25) is 4.79 Å². The fourth-order valence-corrected chi connectivity index (χ4v) is 3.39. The van der Waals surface area contributed by atoms with E-state index in [-0.39, 0.29) is 10.9 Å². The Morgan fingerprint density at radius 1 is 1.16 bits per heavy atom. The van der Waals surface area contributed by atoms with Gasteiger partial charge >= 0.3 is 0 Å². The van der Waals surface area contributed by atoms with E-state index < -0.39 is 5.95 Å². The summed E-state index contributed by atoms with van der Waals surface area (Å²) in [6.07, 6.45) is 6.24. The van der Waals surface area contributed by atoms with Crippen LogP contribution in [-0.4, -0.2) is 38.5 Å². The zero-order valence-electron chi connectivity index (χ0n) is 13.5. The van der Waals surface area contributed by atoms with Crippen molar-refractivity contribution < 1.29 is 9.18 Å². The molecule has 5 nitrogen and oxygen atoms in total. The van der Waals surface area contributed by atoms with Crippen molar-refractivity contribution in [3.63, 3.8) is 0 Å². The molecule has 0 unspecified atom stereocenters. The molecule has 1 aliphatic heterocycles. The number of halogens is 2. The van der Waals surface area contributed by atoms with E-state index in [4.69, 9.17) is 11.6 Å². The number of amides is 1. The highest BCUT2D eigenvalue weighted by molar-refractivity contribution is 6.30. The summed E-state index contributed by atoms with van der Waals surface area (Å²) in [5.41, 5.74) is 2.63. The molecule has 3 aromatic rings. The lowest BCUT2D eigenvalue weighted by Gasteiger charge is -2.26. The molecule has 1 aliphatic rings. The lowest BCUT2D eigenvalue weighted by atomic mass is 10.1. The van der Waals surface area contributed by atoms with Gasteiger partial charge in [0.2, 0.25) is 5.95 Å². The van der Waals surface area contributed by atoms with Crippen molar-refractivity contribution in [3.8, 4) is 11.3 Å². The Hall–Kier alpha value is -2.47. The van der Waals surface area contributed by atoms with E-state index >= 15 is 0 Å². The first-order valence-corrected chi connectivity index (χ1v) is 8.60. The molecule has 4 heterocycles. The first-order valence-electron chi connectivity index (χ1n) is 8.22. The molecular weight excluding hydrogens is 343 g/mol. The maximum absolute atomic E-state index is 13.3. The molecule has 0 spiro atoms. The number of hydrogen-bond acceptors (Lipinski definition) is 3. The van der Waals surface area contributed by atoms with E-state index in [0.29, 0.717) is 22.3 Å². The van der Waals surface area contributed by atoms with Gasteiger partial charge in [-0.2, -0.15) is 9.49 Å². The van der Waals surface area contributed by atoms with Gasteiger partial charge < -0.3 is 4.90 Å². The normalized spacial score (nSPS) is 14.9. The van der Waals surface area contributed by atoms with Crippen molar-refractivity contribution in [3.05, 3.63) is 53.2 Å². The smallest absolute Gasteiger partial charge is 0.257 e. The molecule has 0 saturated carbocycles. The van der Waals surface area contributed by atoms with Gasteiger partial charge in [0.05, 0.1) is 28.0 Å². The molecule has 1 fully saturated rings. The third kappa shape index (κ3) is 2.87. The van der Waals surface area contributed by atoms with E-state index in [1.165, 1.54) is 18.7 Å². The van der Waals surface area contributed by atoms with Gasteiger partial charge in [-0.25, -0.2) is 9.50 Å². The number of pyridine rings is 2. The lowest BCUT2D eigenvalue weighted by molar-refractivity contribution is 0.0726. The van der Waals surface area contributed by atoms with Crippen LogP contribution < -0.4 is 0 Å². The molecule has 1 saturated heterocycles. The van der Waals surface area contributed by atoms with Gasteiger partial charge in [-0.1, -0.05) is 17.7 Å². The van der Waals surface area contributed by atoms with Crippen molar-refractivity contribution in [2.75, 3.05) is 13.1 Å². The van der Waals surface area contributed by atoms with E-state index in [0.717, 1.165) is 25.9 Å². The summed E-state index contributed by atoms with van der Waals surface area (Å²) in [4.78, 5) is 18.4. The highest BCUT2D eigenvalue weighted by Crippen LogP contribution is 2.26. The van der Waals surface area contributed by atoms with Crippen LogP contribution >= 0.6 is 11.6 Å². The zero-order valence-corrected chi connectivity index (χ0v) is 14.2. The van der Waals surface area contributed by atoms with E-state index in [1.54, 1.807) is 10.7 Å². The summed E-state index contributed by atoms with van der Waals surface area (Å²) in [7, 11) is 0. The third-order valence-corrected chi connectivity index (χ3v) is 4.77. The molecule has 7 heteroatoms. The molecule has 128 valence electrons. The van der Waals surface area contributed by atoms with E-state index in [1.807, 2.05) is 23.1 Å². The topological polar surface area (TPSA) is 50.5 Å². The summed E-state index contributed by atoms with van der Waals surface area (Å²) in [5.74, 6) is -0.707. The SMILES string of the molecule is O=C(c1cnn2c(-c3cnc(F)c(Cl)c3)cccc12)N1CCCCC1. The zero-order chi connectivity index (χ0) is 17.4. The van der Waals surface area contributed by atoms with Gasteiger partial charge in [-0.05, 0) is 37.5 Å². The van der Waals surface area contributed by atoms with Crippen LogP contribution in [0.5, 0.6) is 0 Å². The summed E-state index contributed by atoms with van der Waals surface area (Å²) in [6.45, 7) is 1.57. The number of nitrogens with zero attached hydrogens (tertiary/aromatic N) is 4. The Morgan fingerprint density at radius 3 is 2.72 bits per heavy atom. The summed E-state index contributed by atoms with van der Waals surface area (Å²) >= 11 is 5.84. The molecule has 0 bridgehead atoms. The standard InChI is InChI=1S/C18H16ClFN4O/c19-14-9-12(10-21-17(14)20)15-5-4-6-16-13(11-22-24(15)16)18(25)23-7-2-1-3-8-23/h4-6,9-11H,1-3,7-8H2. The summed E-state index contributed by atoms with van der Waals surface area (Å²) < 4.78 is 15.0. The van der Waals surface area contributed by atoms with Crippen LogP contribution in [0.15, 0.2) is 36.7 Å². The lowest BCUT2D eigenvalue weighted by Crippen LogP contribution is -2.35. The first kappa shape index (κ1) is 16.0. The largest absolute Gasteiger partial charge is 0.339 e. The van der Waals surface area contributed by atoms with Crippen LogP contribution in [0.4, 0.5) is 4.39 Å². The predicted octanol–water partition coefficient (Wildman–Crippen LogP) is 3.81. The molecule has 4 rings (SSSR count). The summed E-state index contributed by atoms with van der Waals surface area (Å²) in [5, 5.41) is 4.32. The average molecular weight is 359 g/mol. The number of fused-ring (bicyclic) bond motifs is 1. The molecule has 0 aliphatic carbocycles. The number of aromatic nitrogens is 3. The Bertz CT molecular complexity index is 949. The minimum atomic E-state index is -0.709. The molecule has 1 amide bonds. The fraction of sp³-hybridized carbons (Fsp3) is 0.278. The second kappa shape index (κ2) is 6.44. The quantitative estimate of drug-likeness (QED) is 0.654. The van der Waals surface area contributed by atoms with E-state index in [9.17, 15) is 9.18 Å². The predicted molar refractivity (Wildman–Crippen MR) is 93.1 cm³/mol. The number of carbonyl (C=O) groups excluding carboxylic acids is 1. The second-order valence-electron chi connectivity index (χ2n) is 6.12. The van der Waals surface area contributed by atoms with Crippen molar-refractivity contribution >= 4 is 23.0 Å². The first-order chi connectivity index (χ1) is 12.1. The van der Waals surface area contributed by atoms with Gasteiger partial charge in [0.15, 0.2) is 0 Å². The van der Waals surface area contributed by atoms with Gasteiger partial charge in [0.1, 0.15) is 0 Å². The maximum atomic E-state index is 13.3. The maximum Gasteiger partial charge on any atom is 0.257 e. The Balaban J connectivity index is 1.77. The van der Waals surface area contributed by atoms with Crippen molar-refractivity contribution in [2.45, 2.75) is 19.3 Å². The molecule has 0 aromatic carbocycles. The number of piperidine rings is 1. The Morgan fingerprint density at radius 2 is 1.96 bits per heavy atom. The van der Waals surface area contributed by atoms with Gasteiger partial charge in [-0.15, -0.1) is 0 Å². The average Bonchev–Trinajstić information content (AvgIpc) is 3.08. The van der Waals surface area contributed by atoms with Crippen LogP contribution in [0, 0.1) is 5.95 Å². The molecule has 3 aromatic heterocycles. The van der Waals surface area contributed by atoms with E-state index in [2.05, 4.69) is 10.1 Å². The van der Waals surface area contributed by atoms with Crippen LogP contribution in [0.1, 0.15) is 29.6 Å². The molecular formula is C18H16ClFN4O. The number of hydrogen-bond donors (Lipinski definition) is 0. The monoisotopic (exact) mass is 358 g/mol. The minimum Gasteiger partial charge on any atom is -0.339 e. The highest BCUT2D eigenvalue weighted by Gasteiger charge is 2.22. The number of likely N-dealkylation sites (tertiary alicyclic amines) is 1. The minimum absolute atomic E-state index is 0.00196. The fourth-order valence-electron chi connectivity index (χ4n) is 3.22. The van der Waals surface area contributed by atoms with Crippen LogP contribution in [-0.2, 0) is 0 Å². The number of carbonyl (C=O) groups is 1. The van der Waals surface area contributed by atoms with Crippen molar-refractivity contribution in [2.24, 2.45) is 0 Å². The van der Waals surface area contributed by atoms with Crippen LogP contribution in [0.3, 0.4) is 0 Å². The highest BCUT2D eigenvalue weighted by atomic mass is 35.5. The number of rotatable bonds is 2. The van der Waals surface area contributed by atoms with Gasteiger partial charge in [0, 0.05) is 24.8 Å². The Kier molecular flexibility index (Phi) is 4.13. The molecule has 0 radical (unpaired) electrons. The van der Waals surface area contributed by atoms with Crippen molar-refractivity contribution in [1.82, 2.24) is 19.5 Å². The molecule has 0 atom stereocenters. The Labute approximate surface area is 149 Å². The van der Waals surface area contributed by atoms with Crippen LogP contribution in [0.25, 0.3) is 16.8 Å². The van der Waals surface area contributed by atoms with Gasteiger partial charge in [0.25, 0.3) is 5.91 Å². The van der Waals surface area contributed by atoms with Crippen LogP contribution in [0.2, 0.25) is 5.02 Å².